The van der Waals surface area contributed by atoms with Gasteiger partial charge in [-0.2, -0.15) is 0 Å². The van der Waals surface area contributed by atoms with Crippen LogP contribution in [0, 0.1) is 11.8 Å². The number of nitrogens with zero attached hydrogens (tertiary/aromatic N) is 1. The highest BCUT2D eigenvalue weighted by Crippen LogP contribution is 2.30. The summed E-state index contributed by atoms with van der Waals surface area (Å²) >= 11 is 0. The summed E-state index contributed by atoms with van der Waals surface area (Å²) in [5.74, 6) is 1.85. The highest BCUT2D eigenvalue weighted by Gasteiger charge is 2.31. The van der Waals surface area contributed by atoms with Gasteiger partial charge in [-0.25, -0.2) is 0 Å². The lowest BCUT2D eigenvalue weighted by molar-refractivity contribution is 0.104. The van der Waals surface area contributed by atoms with Gasteiger partial charge in [0.2, 0.25) is 0 Å². The average Bonchev–Trinajstić information content (AvgIpc) is 2.77. The van der Waals surface area contributed by atoms with Crippen molar-refractivity contribution in [3.05, 3.63) is 0 Å². The Hall–Kier alpha value is -0.0800. The average molecular weight is 252 g/mol. The lowest BCUT2D eigenvalue weighted by Crippen LogP contribution is -2.46. The maximum Gasteiger partial charge on any atom is 0.0107 e. The van der Waals surface area contributed by atoms with Crippen LogP contribution in [-0.2, 0) is 0 Å². The molecule has 1 N–H and O–H groups in total. The molecule has 0 aromatic rings. The van der Waals surface area contributed by atoms with Gasteiger partial charge in [0.05, 0.1) is 0 Å². The lowest BCUT2D eigenvalue weighted by atomic mass is 9.91. The molecule has 2 aliphatic rings. The molecule has 106 valence electrons. The molecule has 0 spiro atoms. The Morgan fingerprint density at radius 2 is 2.00 bits per heavy atom. The molecule has 0 bridgehead atoms. The first-order valence-electron chi connectivity index (χ1n) is 8.18. The van der Waals surface area contributed by atoms with E-state index < -0.39 is 0 Å². The molecule has 0 amide bonds. The van der Waals surface area contributed by atoms with Crippen molar-refractivity contribution in [3.63, 3.8) is 0 Å². The van der Waals surface area contributed by atoms with E-state index in [4.69, 9.17) is 0 Å². The minimum Gasteiger partial charge on any atom is -0.314 e. The molecule has 0 radical (unpaired) electrons. The smallest absolute Gasteiger partial charge is 0.0107 e. The van der Waals surface area contributed by atoms with E-state index in [1.807, 2.05) is 0 Å². The fourth-order valence-electron chi connectivity index (χ4n) is 3.88. The summed E-state index contributed by atoms with van der Waals surface area (Å²) in [6.45, 7) is 11.0. The Morgan fingerprint density at radius 3 is 2.72 bits per heavy atom. The maximum absolute atomic E-state index is 3.77. The van der Waals surface area contributed by atoms with Gasteiger partial charge in [0, 0.05) is 18.6 Å². The van der Waals surface area contributed by atoms with Crippen LogP contribution in [0.3, 0.4) is 0 Å². The van der Waals surface area contributed by atoms with E-state index in [9.17, 15) is 0 Å². The normalized spacial score (nSPS) is 38.2. The van der Waals surface area contributed by atoms with Gasteiger partial charge in [-0.15, -0.1) is 0 Å². The summed E-state index contributed by atoms with van der Waals surface area (Å²) in [6.07, 6.45) is 8.36. The Bertz CT molecular complexity index is 241. The second-order valence-electron chi connectivity index (χ2n) is 6.73. The van der Waals surface area contributed by atoms with E-state index in [2.05, 4.69) is 31.0 Å². The van der Waals surface area contributed by atoms with Crippen molar-refractivity contribution >= 4 is 0 Å². The number of nitrogens with one attached hydrogen (secondary N) is 1. The van der Waals surface area contributed by atoms with Crippen LogP contribution in [0.5, 0.6) is 0 Å². The first kappa shape index (κ1) is 14.3. The van der Waals surface area contributed by atoms with Gasteiger partial charge < -0.3 is 10.2 Å². The first-order chi connectivity index (χ1) is 8.70. The third-order valence-electron chi connectivity index (χ3n) is 5.06. The molecule has 2 heteroatoms. The summed E-state index contributed by atoms with van der Waals surface area (Å²) in [6, 6.07) is 1.61. The fraction of sp³-hybridized carbons (Fsp3) is 1.00. The van der Waals surface area contributed by atoms with E-state index in [1.54, 1.807) is 0 Å². The molecule has 4 unspecified atom stereocenters. The van der Waals surface area contributed by atoms with E-state index >= 15 is 0 Å². The van der Waals surface area contributed by atoms with Gasteiger partial charge in [-0.3, -0.25) is 0 Å². The first-order valence-corrected chi connectivity index (χ1v) is 8.18. The summed E-state index contributed by atoms with van der Waals surface area (Å²) in [5, 5.41) is 3.77. The standard InChI is InChI=1S/C16H32N2/c1-4-9-17-16-7-5-6-15(16)12-18-10-8-13(2)11-14(18)3/h13-17H,4-12H2,1-3H3. The van der Waals surface area contributed by atoms with Crippen molar-refractivity contribution in [2.45, 2.75) is 71.4 Å². The van der Waals surface area contributed by atoms with Crippen LogP contribution in [-0.4, -0.2) is 36.6 Å². The lowest BCUT2D eigenvalue weighted by Gasteiger charge is -2.39. The zero-order valence-corrected chi connectivity index (χ0v) is 12.6. The van der Waals surface area contributed by atoms with Crippen molar-refractivity contribution in [2.75, 3.05) is 19.6 Å². The third kappa shape index (κ3) is 3.71. The van der Waals surface area contributed by atoms with Gasteiger partial charge in [-0.1, -0.05) is 20.3 Å². The molecule has 18 heavy (non-hydrogen) atoms. The number of hydrogen-bond donors (Lipinski definition) is 1. The molecule has 2 fully saturated rings. The summed E-state index contributed by atoms with van der Waals surface area (Å²) in [7, 11) is 0. The largest absolute Gasteiger partial charge is 0.314 e. The molecule has 1 aliphatic heterocycles. The molecular formula is C16H32N2. The van der Waals surface area contributed by atoms with Crippen molar-refractivity contribution in [3.8, 4) is 0 Å². The summed E-state index contributed by atoms with van der Waals surface area (Å²) < 4.78 is 0. The van der Waals surface area contributed by atoms with Crippen LogP contribution in [0.1, 0.15) is 59.3 Å². The predicted octanol–water partition coefficient (Wildman–Crippen LogP) is 3.28. The minimum absolute atomic E-state index is 0.802. The number of hydrogen-bond acceptors (Lipinski definition) is 2. The van der Waals surface area contributed by atoms with Crippen molar-refractivity contribution in [1.82, 2.24) is 10.2 Å². The molecule has 0 aromatic heterocycles. The maximum atomic E-state index is 3.77. The van der Waals surface area contributed by atoms with Crippen LogP contribution >= 0.6 is 0 Å². The topological polar surface area (TPSA) is 15.3 Å². The minimum atomic E-state index is 0.802. The Kier molecular flexibility index (Phi) is 5.50. The monoisotopic (exact) mass is 252 g/mol. The van der Waals surface area contributed by atoms with Crippen LogP contribution in [0.4, 0.5) is 0 Å². The van der Waals surface area contributed by atoms with Crippen molar-refractivity contribution < 1.29 is 0 Å². The number of piperidine rings is 1. The second kappa shape index (κ2) is 6.91. The molecule has 0 aromatic carbocycles. The summed E-state index contributed by atoms with van der Waals surface area (Å²) in [4.78, 5) is 2.76. The molecule has 1 saturated heterocycles. The molecule has 1 aliphatic carbocycles. The quantitative estimate of drug-likeness (QED) is 0.808. The SMILES string of the molecule is CCCNC1CCCC1CN1CCC(C)CC1C. The van der Waals surface area contributed by atoms with E-state index in [-0.39, 0.29) is 0 Å². The van der Waals surface area contributed by atoms with Gasteiger partial charge in [0.1, 0.15) is 0 Å². The van der Waals surface area contributed by atoms with E-state index in [0.717, 1.165) is 23.9 Å². The van der Waals surface area contributed by atoms with Crippen molar-refractivity contribution in [2.24, 2.45) is 11.8 Å². The fourth-order valence-corrected chi connectivity index (χ4v) is 3.88. The third-order valence-corrected chi connectivity index (χ3v) is 5.06. The highest BCUT2D eigenvalue weighted by atomic mass is 15.2. The zero-order chi connectivity index (χ0) is 13.0. The van der Waals surface area contributed by atoms with Gasteiger partial charge in [0.15, 0.2) is 0 Å². The number of likely N-dealkylation sites (tertiary alicyclic amines) is 1. The predicted molar refractivity (Wildman–Crippen MR) is 78.9 cm³/mol. The molecule has 2 nitrogen and oxygen atoms in total. The second-order valence-corrected chi connectivity index (χ2v) is 6.73. The molecule has 2 rings (SSSR count). The molecular weight excluding hydrogens is 220 g/mol. The van der Waals surface area contributed by atoms with Crippen LogP contribution in [0.15, 0.2) is 0 Å². The molecule has 4 atom stereocenters. The summed E-state index contributed by atoms with van der Waals surface area (Å²) in [5.41, 5.74) is 0. The van der Waals surface area contributed by atoms with Gasteiger partial charge in [-0.05, 0) is 64.0 Å². The van der Waals surface area contributed by atoms with Gasteiger partial charge >= 0.3 is 0 Å². The highest BCUT2D eigenvalue weighted by molar-refractivity contribution is 4.87. The van der Waals surface area contributed by atoms with E-state index in [1.165, 1.54) is 58.2 Å². The molecule has 1 saturated carbocycles. The Balaban J connectivity index is 1.80. The van der Waals surface area contributed by atoms with Gasteiger partial charge in [0.25, 0.3) is 0 Å². The molecule has 1 heterocycles. The van der Waals surface area contributed by atoms with Crippen LogP contribution in [0.2, 0.25) is 0 Å². The zero-order valence-electron chi connectivity index (χ0n) is 12.6. The van der Waals surface area contributed by atoms with Crippen LogP contribution < -0.4 is 5.32 Å². The van der Waals surface area contributed by atoms with Crippen molar-refractivity contribution in [1.29, 1.82) is 0 Å². The Morgan fingerprint density at radius 1 is 1.17 bits per heavy atom. The van der Waals surface area contributed by atoms with Crippen LogP contribution in [0.25, 0.3) is 0 Å². The Labute approximate surface area is 114 Å². The van der Waals surface area contributed by atoms with E-state index in [0.29, 0.717) is 0 Å². The number of rotatable bonds is 5.